The molecular formula is C8H10N4O7S. The van der Waals surface area contributed by atoms with Crippen molar-refractivity contribution < 1.29 is 23.1 Å². The van der Waals surface area contributed by atoms with E-state index in [-0.39, 0.29) is 4.31 Å². The number of aromatic amines is 2. The molecule has 0 aromatic carbocycles. The minimum Gasteiger partial charge on any atom is -0.480 e. The van der Waals surface area contributed by atoms with Crippen molar-refractivity contribution in [3.63, 3.8) is 0 Å². The van der Waals surface area contributed by atoms with Crippen LogP contribution in [-0.2, 0) is 19.6 Å². The first-order chi connectivity index (χ1) is 9.14. The summed E-state index contributed by atoms with van der Waals surface area (Å²) >= 11 is 0. The first kappa shape index (κ1) is 15.6. The smallest absolute Gasteiger partial charge is 0.325 e. The van der Waals surface area contributed by atoms with Gasteiger partial charge in [-0.15, -0.1) is 0 Å². The van der Waals surface area contributed by atoms with Crippen LogP contribution in [-0.4, -0.2) is 52.8 Å². The van der Waals surface area contributed by atoms with Gasteiger partial charge in [0.05, 0.1) is 6.54 Å². The molecule has 12 heteroatoms. The van der Waals surface area contributed by atoms with Gasteiger partial charge in [-0.3, -0.25) is 19.4 Å². The molecule has 1 rings (SSSR count). The fourth-order valence-electron chi connectivity index (χ4n) is 1.28. The van der Waals surface area contributed by atoms with Crippen LogP contribution >= 0.6 is 0 Å². The number of nitrogens with two attached hydrogens (primary N) is 1. The molecule has 5 N–H and O–H groups in total. The largest absolute Gasteiger partial charge is 0.480 e. The van der Waals surface area contributed by atoms with E-state index in [2.05, 4.69) is 0 Å². The fraction of sp³-hybridized carbons (Fsp3) is 0.250. The van der Waals surface area contributed by atoms with Crippen molar-refractivity contribution in [2.75, 3.05) is 13.1 Å². The van der Waals surface area contributed by atoms with E-state index in [0.717, 1.165) is 0 Å². The number of hydrogen-bond acceptors (Lipinski definition) is 6. The number of nitrogens with one attached hydrogen (secondary N) is 2. The maximum Gasteiger partial charge on any atom is 0.325 e. The second-order valence-corrected chi connectivity index (χ2v) is 5.48. The van der Waals surface area contributed by atoms with Crippen LogP contribution in [0.15, 0.2) is 20.7 Å². The predicted octanol–water partition coefficient (Wildman–Crippen LogP) is -3.38. The van der Waals surface area contributed by atoms with E-state index in [1.54, 1.807) is 4.98 Å². The van der Waals surface area contributed by atoms with E-state index in [4.69, 9.17) is 10.8 Å². The summed E-state index contributed by atoms with van der Waals surface area (Å²) in [5.41, 5.74) is 2.65. The number of nitrogens with zero attached hydrogens (tertiary/aromatic N) is 1. The molecule has 0 bridgehead atoms. The number of amides is 1. The van der Waals surface area contributed by atoms with Crippen molar-refractivity contribution in [1.29, 1.82) is 0 Å². The molecule has 1 amide bonds. The van der Waals surface area contributed by atoms with Crippen LogP contribution < -0.4 is 17.0 Å². The van der Waals surface area contributed by atoms with E-state index >= 15 is 0 Å². The maximum atomic E-state index is 12.0. The Morgan fingerprint density at radius 1 is 1.30 bits per heavy atom. The number of carbonyl (C=O) groups excluding carboxylic acids is 1. The number of carbonyl (C=O) groups is 2. The SMILES string of the molecule is NC(=O)CN(CC(=O)O)S(=O)(=O)c1c[nH]c(=O)[nH]c1=O. The molecule has 0 saturated carbocycles. The van der Waals surface area contributed by atoms with Crippen molar-refractivity contribution in [3.8, 4) is 0 Å². The van der Waals surface area contributed by atoms with Crippen molar-refractivity contribution in [1.82, 2.24) is 14.3 Å². The van der Waals surface area contributed by atoms with Crippen molar-refractivity contribution in [2.45, 2.75) is 4.90 Å². The number of aromatic nitrogens is 2. The Balaban J connectivity index is 3.35. The number of hydrogen-bond donors (Lipinski definition) is 4. The fourth-order valence-corrected chi connectivity index (χ4v) is 2.63. The lowest BCUT2D eigenvalue weighted by atomic mass is 10.5. The minimum atomic E-state index is -4.60. The number of sulfonamides is 1. The van der Waals surface area contributed by atoms with E-state index < -0.39 is 51.1 Å². The molecule has 1 heterocycles. The number of H-pyrrole nitrogens is 2. The van der Waals surface area contributed by atoms with Crippen LogP contribution in [0.1, 0.15) is 0 Å². The van der Waals surface area contributed by atoms with Crippen LogP contribution in [0.4, 0.5) is 0 Å². The van der Waals surface area contributed by atoms with Crippen LogP contribution in [0.2, 0.25) is 0 Å². The summed E-state index contributed by atoms with van der Waals surface area (Å²) in [5.74, 6) is -2.65. The number of aliphatic carboxylic acids is 1. The highest BCUT2D eigenvalue weighted by molar-refractivity contribution is 7.89. The molecule has 0 saturated heterocycles. The van der Waals surface area contributed by atoms with Gasteiger partial charge in [0.15, 0.2) is 4.90 Å². The van der Waals surface area contributed by atoms with Gasteiger partial charge in [0.2, 0.25) is 5.91 Å². The summed E-state index contributed by atoms with van der Waals surface area (Å²) in [6.45, 7) is -1.99. The Morgan fingerprint density at radius 3 is 2.35 bits per heavy atom. The zero-order valence-corrected chi connectivity index (χ0v) is 10.6. The molecule has 110 valence electrons. The average molecular weight is 306 g/mol. The third kappa shape index (κ3) is 3.52. The highest BCUT2D eigenvalue weighted by Gasteiger charge is 2.30. The monoisotopic (exact) mass is 306 g/mol. The molecule has 0 atom stereocenters. The van der Waals surface area contributed by atoms with Gasteiger partial charge in [-0.25, -0.2) is 13.2 Å². The lowest BCUT2D eigenvalue weighted by molar-refractivity contribution is -0.137. The lowest BCUT2D eigenvalue weighted by Gasteiger charge is -2.17. The molecule has 0 radical (unpaired) electrons. The third-order valence-electron chi connectivity index (χ3n) is 2.05. The first-order valence-electron chi connectivity index (χ1n) is 4.97. The molecule has 0 aliphatic carbocycles. The number of carboxylic acid groups (broad SMARTS) is 1. The molecule has 0 spiro atoms. The minimum absolute atomic E-state index is 0.209. The van der Waals surface area contributed by atoms with Gasteiger partial charge in [0.1, 0.15) is 6.54 Å². The number of rotatable bonds is 6. The second-order valence-electron chi connectivity index (χ2n) is 3.57. The van der Waals surface area contributed by atoms with E-state index in [9.17, 15) is 27.6 Å². The van der Waals surface area contributed by atoms with Gasteiger partial charge in [0.25, 0.3) is 15.6 Å². The Hall–Kier alpha value is -2.47. The highest BCUT2D eigenvalue weighted by atomic mass is 32.2. The third-order valence-corrected chi connectivity index (χ3v) is 3.84. The van der Waals surface area contributed by atoms with E-state index in [1.807, 2.05) is 4.98 Å². The quantitative estimate of drug-likeness (QED) is 0.422. The van der Waals surface area contributed by atoms with Crippen molar-refractivity contribution >= 4 is 21.9 Å². The molecule has 20 heavy (non-hydrogen) atoms. The Morgan fingerprint density at radius 2 is 1.90 bits per heavy atom. The molecule has 0 aliphatic rings. The standard InChI is InChI=1S/C8H10N4O7S/c9-5(13)2-12(3-6(14)15)20(18,19)4-1-10-8(17)11-7(4)16/h1H,2-3H2,(H2,9,13)(H,14,15)(H2,10,11,16,17). The Kier molecular flexibility index (Phi) is 4.41. The summed E-state index contributed by atoms with van der Waals surface area (Å²) in [4.78, 5) is 46.3. The molecule has 0 fully saturated rings. The van der Waals surface area contributed by atoms with Crippen LogP contribution in [0, 0.1) is 0 Å². The van der Waals surface area contributed by atoms with Gasteiger partial charge in [-0.2, -0.15) is 4.31 Å². The maximum absolute atomic E-state index is 12.0. The number of primary amides is 1. The molecule has 1 aromatic heterocycles. The predicted molar refractivity (Wildman–Crippen MR) is 63.3 cm³/mol. The topological polar surface area (TPSA) is 183 Å². The summed E-state index contributed by atoms with van der Waals surface area (Å²) in [7, 11) is -4.60. The van der Waals surface area contributed by atoms with Crippen LogP contribution in [0.3, 0.4) is 0 Å². The summed E-state index contributed by atoms with van der Waals surface area (Å²) < 4.78 is 24.3. The van der Waals surface area contributed by atoms with Crippen LogP contribution in [0.5, 0.6) is 0 Å². The molecule has 0 aliphatic heterocycles. The Bertz CT molecular complexity index is 731. The average Bonchev–Trinajstić information content (AvgIpc) is 2.26. The molecular weight excluding hydrogens is 296 g/mol. The molecule has 11 nitrogen and oxygen atoms in total. The zero-order chi connectivity index (χ0) is 15.5. The van der Waals surface area contributed by atoms with E-state index in [0.29, 0.717) is 6.20 Å². The summed E-state index contributed by atoms with van der Waals surface area (Å²) in [5, 5.41) is 8.62. The molecule has 0 unspecified atom stereocenters. The van der Waals surface area contributed by atoms with Crippen molar-refractivity contribution in [3.05, 3.63) is 27.0 Å². The zero-order valence-electron chi connectivity index (χ0n) is 9.82. The highest BCUT2D eigenvalue weighted by Crippen LogP contribution is 2.09. The van der Waals surface area contributed by atoms with Crippen molar-refractivity contribution in [2.24, 2.45) is 5.73 Å². The summed E-state index contributed by atoms with van der Waals surface area (Å²) in [6.07, 6.45) is 0.604. The van der Waals surface area contributed by atoms with Gasteiger partial charge >= 0.3 is 11.7 Å². The second kappa shape index (κ2) is 5.66. The number of carboxylic acids is 1. The summed E-state index contributed by atoms with van der Waals surface area (Å²) in [6, 6.07) is 0. The van der Waals surface area contributed by atoms with Gasteiger partial charge in [-0.05, 0) is 0 Å². The van der Waals surface area contributed by atoms with Gasteiger partial charge in [-0.1, -0.05) is 0 Å². The normalized spacial score (nSPS) is 11.4. The molecule has 1 aromatic rings. The van der Waals surface area contributed by atoms with E-state index in [1.165, 1.54) is 0 Å². The lowest BCUT2D eigenvalue weighted by Crippen LogP contribution is -2.43. The van der Waals surface area contributed by atoms with Crippen LogP contribution in [0.25, 0.3) is 0 Å². The Labute approximate surface area is 111 Å². The van der Waals surface area contributed by atoms with Gasteiger partial charge in [0, 0.05) is 6.20 Å². The van der Waals surface area contributed by atoms with Gasteiger partial charge < -0.3 is 15.8 Å². The first-order valence-corrected chi connectivity index (χ1v) is 6.41.